The van der Waals surface area contributed by atoms with E-state index in [1.807, 2.05) is 24.3 Å². The standard InChI is InChI=1S/C24H28O3Se/c1-26-20-11-9-18(10-12-20)16-27-23-15-24(14-22(23)25)13-5-6-19(24)17-28-21-7-3-2-4-8-21/h2-4,7-12,19,23H,5-6,13-17H2,1H3. The van der Waals surface area contributed by atoms with Crippen molar-refractivity contribution in [2.75, 3.05) is 7.11 Å². The quantitative estimate of drug-likeness (QED) is 0.603. The fraction of sp³-hybridized carbons (Fsp3) is 0.458. The molecule has 2 fully saturated rings. The first-order valence-electron chi connectivity index (χ1n) is 10.1. The molecule has 3 atom stereocenters. The van der Waals surface area contributed by atoms with Crippen LogP contribution in [-0.2, 0) is 16.1 Å². The summed E-state index contributed by atoms with van der Waals surface area (Å²) >= 11 is 0.494. The maximum absolute atomic E-state index is 12.7. The van der Waals surface area contributed by atoms with Gasteiger partial charge >= 0.3 is 167 Å². The van der Waals surface area contributed by atoms with Gasteiger partial charge in [0.2, 0.25) is 0 Å². The summed E-state index contributed by atoms with van der Waals surface area (Å²) in [7, 11) is 1.67. The van der Waals surface area contributed by atoms with E-state index in [0.29, 0.717) is 33.3 Å². The van der Waals surface area contributed by atoms with E-state index in [1.165, 1.54) is 29.0 Å². The Kier molecular flexibility index (Phi) is 6.20. The number of hydrogen-bond acceptors (Lipinski definition) is 3. The predicted molar refractivity (Wildman–Crippen MR) is 112 cm³/mol. The van der Waals surface area contributed by atoms with Crippen molar-refractivity contribution in [2.45, 2.75) is 50.1 Å². The Morgan fingerprint density at radius 1 is 1.11 bits per heavy atom. The number of rotatable bonds is 7. The van der Waals surface area contributed by atoms with E-state index < -0.39 is 0 Å². The molecule has 2 aromatic rings. The monoisotopic (exact) mass is 444 g/mol. The van der Waals surface area contributed by atoms with Gasteiger partial charge in [0.15, 0.2) is 0 Å². The second-order valence-electron chi connectivity index (χ2n) is 8.07. The van der Waals surface area contributed by atoms with Crippen molar-refractivity contribution in [1.29, 1.82) is 0 Å². The van der Waals surface area contributed by atoms with E-state index >= 15 is 0 Å². The molecule has 28 heavy (non-hydrogen) atoms. The molecule has 0 aromatic heterocycles. The summed E-state index contributed by atoms with van der Waals surface area (Å²) in [6.07, 6.45) is 5.12. The zero-order valence-electron chi connectivity index (χ0n) is 16.4. The normalized spacial score (nSPS) is 26.8. The van der Waals surface area contributed by atoms with Gasteiger partial charge in [-0.2, -0.15) is 0 Å². The predicted octanol–water partition coefficient (Wildman–Crippen LogP) is 4.18. The van der Waals surface area contributed by atoms with Gasteiger partial charge in [0.05, 0.1) is 7.11 Å². The first kappa shape index (κ1) is 19.7. The molecule has 148 valence electrons. The number of carbonyl (C=O) groups is 1. The van der Waals surface area contributed by atoms with Gasteiger partial charge in [0.25, 0.3) is 0 Å². The van der Waals surface area contributed by atoms with Crippen LogP contribution < -0.4 is 9.20 Å². The van der Waals surface area contributed by atoms with Gasteiger partial charge in [-0.25, -0.2) is 0 Å². The fourth-order valence-electron chi connectivity index (χ4n) is 4.77. The van der Waals surface area contributed by atoms with Crippen LogP contribution in [0.25, 0.3) is 0 Å². The van der Waals surface area contributed by atoms with Crippen molar-refractivity contribution in [3.8, 4) is 5.75 Å². The summed E-state index contributed by atoms with van der Waals surface area (Å²) in [6.45, 7) is 0.495. The third-order valence-electron chi connectivity index (χ3n) is 6.38. The van der Waals surface area contributed by atoms with Crippen LogP contribution >= 0.6 is 0 Å². The number of Topliss-reactive ketones (excluding diaryl/α,β-unsaturated/α-hetero) is 1. The van der Waals surface area contributed by atoms with Gasteiger partial charge < -0.3 is 0 Å². The molecule has 0 bridgehead atoms. The van der Waals surface area contributed by atoms with E-state index in [2.05, 4.69) is 30.3 Å². The molecule has 1 spiro atoms. The molecular weight excluding hydrogens is 415 g/mol. The third kappa shape index (κ3) is 4.35. The molecule has 2 aliphatic rings. The minimum atomic E-state index is -0.230. The fourth-order valence-corrected chi connectivity index (χ4v) is 7.42. The topological polar surface area (TPSA) is 35.5 Å². The van der Waals surface area contributed by atoms with Gasteiger partial charge in [-0.15, -0.1) is 0 Å². The average molecular weight is 443 g/mol. The Bertz CT molecular complexity index is 789. The number of methoxy groups -OCH3 is 1. The van der Waals surface area contributed by atoms with Gasteiger partial charge in [0, 0.05) is 0 Å². The molecule has 2 saturated carbocycles. The molecule has 4 heteroatoms. The molecule has 2 aliphatic carbocycles. The molecule has 0 heterocycles. The van der Waals surface area contributed by atoms with Crippen LogP contribution in [0.3, 0.4) is 0 Å². The van der Waals surface area contributed by atoms with E-state index in [1.54, 1.807) is 7.11 Å². The zero-order chi connectivity index (χ0) is 19.4. The van der Waals surface area contributed by atoms with Gasteiger partial charge in [0.1, 0.15) is 0 Å². The van der Waals surface area contributed by atoms with Gasteiger partial charge in [-0.1, -0.05) is 0 Å². The average Bonchev–Trinajstić information content (AvgIpc) is 3.27. The van der Waals surface area contributed by atoms with Crippen LogP contribution in [0.2, 0.25) is 5.32 Å². The Balaban J connectivity index is 1.35. The third-order valence-corrected chi connectivity index (χ3v) is 8.84. The van der Waals surface area contributed by atoms with Crippen LogP contribution in [0.4, 0.5) is 0 Å². The first-order chi connectivity index (χ1) is 13.7. The Morgan fingerprint density at radius 2 is 1.89 bits per heavy atom. The molecule has 0 saturated heterocycles. The summed E-state index contributed by atoms with van der Waals surface area (Å²) in [5.41, 5.74) is 1.28. The molecule has 0 amide bonds. The van der Waals surface area contributed by atoms with Crippen LogP contribution in [0, 0.1) is 11.3 Å². The second-order valence-corrected chi connectivity index (χ2v) is 10.4. The van der Waals surface area contributed by atoms with E-state index in [4.69, 9.17) is 9.47 Å². The van der Waals surface area contributed by atoms with Crippen molar-refractivity contribution < 1.29 is 14.3 Å². The van der Waals surface area contributed by atoms with Crippen molar-refractivity contribution in [3.63, 3.8) is 0 Å². The first-order valence-corrected chi connectivity index (χ1v) is 12.2. The van der Waals surface area contributed by atoms with E-state index in [-0.39, 0.29) is 11.5 Å². The summed E-state index contributed by atoms with van der Waals surface area (Å²) < 4.78 is 12.8. The van der Waals surface area contributed by atoms with Crippen molar-refractivity contribution in [2.24, 2.45) is 11.3 Å². The van der Waals surface area contributed by atoms with Crippen LogP contribution in [0.5, 0.6) is 5.75 Å². The molecular formula is C24H28O3Se. The van der Waals surface area contributed by atoms with Crippen LogP contribution in [-0.4, -0.2) is 34.0 Å². The van der Waals surface area contributed by atoms with Crippen molar-refractivity contribution in [1.82, 2.24) is 0 Å². The van der Waals surface area contributed by atoms with Gasteiger partial charge in [-0.05, 0) is 0 Å². The zero-order valence-corrected chi connectivity index (χ0v) is 18.1. The molecule has 3 unspecified atom stereocenters. The number of ether oxygens (including phenoxy) is 2. The number of benzene rings is 2. The molecule has 0 radical (unpaired) electrons. The summed E-state index contributed by atoms with van der Waals surface area (Å²) in [5, 5.41) is 1.25. The summed E-state index contributed by atoms with van der Waals surface area (Å²) in [5.74, 6) is 1.83. The van der Waals surface area contributed by atoms with E-state index in [0.717, 1.165) is 24.2 Å². The number of hydrogen-bond donors (Lipinski definition) is 0. The second kappa shape index (κ2) is 8.82. The summed E-state index contributed by atoms with van der Waals surface area (Å²) in [4.78, 5) is 12.7. The number of ketones is 1. The minimum absolute atomic E-state index is 0.193. The molecule has 0 aliphatic heterocycles. The Labute approximate surface area is 174 Å². The van der Waals surface area contributed by atoms with E-state index in [9.17, 15) is 4.79 Å². The van der Waals surface area contributed by atoms with Crippen LogP contribution in [0.15, 0.2) is 54.6 Å². The maximum atomic E-state index is 12.7. The van der Waals surface area contributed by atoms with Crippen LogP contribution in [0.1, 0.15) is 37.7 Å². The van der Waals surface area contributed by atoms with Crippen molar-refractivity contribution in [3.05, 3.63) is 60.2 Å². The summed E-state index contributed by atoms with van der Waals surface area (Å²) in [6, 6.07) is 18.7. The molecule has 0 N–H and O–H groups in total. The molecule has 3 nitrogen and oxygen atoms in total. The SMILES string of the molecule is COc1ccc(COC2CC3(CCCC3C[Se]c3ccccc3)CC2=O)cc1. The number of carbonyl (C=O) groups excluding carboxylic acids is 1. The van der Waals surface area contributed by atoms with Crippen molar-refractivity contribution >= 4 is 25.2 Å². The Morgan fingerprint density at radius 3 is 2.64 bits per heavy atom. The Hall–Kier alpha value is -1.61. The molecule has 4 rings (SSSR count). The molecule has 2 aromatic carbocycles. The van der Waals surface area contributed by atoms with Gasteiger partial charge in [-0.3, -0.25) is 0 Å².